The molecule has 0 aliphatic heterocycles. The van der Waals surface area contributed by atoms with Crippen LogP contribution in [0.4, 0.5) is 0 Å². The number of hydrogen-bond acceptors (Lipinski definition) is 3. The van der Waals surface area contributed by atoms with Gasteiger partial charge in [-0.25, -0.2) is 8.42 Å². The van der Waals surface area contributed by atoms with Gasteiger partial charge in [0, 0.05) is 0 Å². The van der Waals surface area contributed by atoms with Gasteiger partial charge in [-0.15, -0.1) is 0 Å². The Labute approximate surface area is 110 Å². The van der Waals surface area contributed by atoms with Crippen molar-refractivity contribution >= 4 is 10.1 Å². The quantitative estimate of drug-likeness (QED) is 0.563. The molecular weight excluding hydrogens is 248 g/mol. The van der Waals surface area contributed by atoms with Gasteiger partial charge < -0.3 is 4.55 Å². The largest absolute Gasteiger partial charge is 0.744 e. The minimum absolute atomic E-state index is 0.114. The lowest BCUT2D eigenvalue weighted by molar-refractivity contribution is 0.463. The van der Waals surface area contributed by atoms with Gasteiger partial charge in [0.1, 0.15) is 10.1 Å². The Balaban J connectivity index is 2.65. The molecular formula is C14H21O3S-. The number of hydrogen-bond donors (Lipinski definition) is 0. The van der Waals surface area contributed by atoms with Crippen molar-refractivity contribution < 1.29 is 13.0 Å². The molecule has 0 aliphatic rings. The predicted octanol–water partition coefficient (Wildman–Crippen LogP) is 3.41. The molecule has 0 N–H and O–H groups in total. The van der Waals surface area contributed by atoms with Crippen LogP contribution in [0.5, 0.6) is 0 Å². The van der Waals surface area contributed by atoms with Gasteiger partial charge in [0.15, 0.2) is 0 Å². The van der Waals surface area contributed by atoms with E-state index in [0.29, 0.717) is 0 Å². The molecule has 0 radical (unpaired) electrons. The maximum atomic E-state index is 11.0. The highest BCUT2D eigenvalue weighted by molar-refractivity contribution is 7.85. The lowest BCUT2D eigenvalue weighted by Gasteiger charge is -2.11. The van der Waals surface area contributed by atoms with Crippen LogP contribution in [0, 0.1) is 6.92 Å². The molecule has 4 heteroatoms. The third kappa shape index (κ3) is 4.78. The number of rotatable bonds is 7. The van der Waals surface area contributed by atoms with E-state index in [1.165, 1.54) is 31.4 Å². The highest BCUT2D eigenvalue weighted by Crippen LogP contribution is 2.18. The van der Waals surface area contributed by atoms with E-state index in [-0.39, 0.29) is 4.90 Å². The average molecular weight is 269 g/mol. The van der Waals surface area contributed by atoms with Crippen LogP contribution in [0.15, 0.2) is 23.1 Å². The fourth-order valence-corrected chi connectivity index (χ4v) is 2.51. The molecule has 0 spiro atoms. The van der Waals surface area contributed by atoms with Gasteiger partial charge in [-0.05, 0) is 43.0 Å². The van der Waals surface area contributed by atoms with E-state index in [9.17, 15) is 13.0 Å². The van der Waals surface area contributed by atoms with Gasteiger partial charge >= 0.3 is 0 Å². The van der Waals surface area contributed by atoms with Crippen molar-refractivity contribution in [2.45, 2.75) is 57.3 Å². The van der Waals surface area contributed by atoms with Crippen molar-refractivity contribution in [3.63, 3.8) is 0 Å². The van der Waals surface area contributed by atoms with Crippen LogP contribution >= 0.6 is 0 Å². The summed E-state index contributed by atoms with van der Waals surface area (Å²) in [4.78, 5) is -0.114. The summed E-state index contributed by atoms with van der Waals surface area (Å²) < 4.78 is 32.9. The molecule has 0 heterocycles. The minimum Gasteiger partial charge on any atom is -0.744 e. The fourth-order valence-electron chi connectivity index (χ4n) is 1.99. The first-order chi connectivity index (χ1) is 8.45. The molecule has 0 bridgehead atoms. The van der Waals surface area contributed by atoms with Gasteiger partial charge in [0.25, 0.3) is 0 Å². The molecule has 3 nitrogen and oxygen atoms in total. The molecule has 0 atom stereocenters. The van der Waals surface area contributed by atoms with E-state index in [4.69, 9.17) is 0 Å². The van der Waals surface area contributed by atoms with Crippen molar-refractivity contribution in [1.29, 1.82) is 0 Å². The average Bonchev–Trinajstić information content (AvgIpc) is 2.29. The smallest absolute Gasteiger partial charge is 0.124 e. The van der Waals surface area contributed by atoms with Gasteiger partial charge in [-0.2, -0.15) is 0 Å². The second-order valence-electron chi connectivity index (χ2n) is 4.71. The van der Waals surface area contributed by atoms with Crippen LogP contribution in [-0.2, 0) is 16.5 Å². The molecule has 102 valence electrons. The highest BCUT2D eigenvalue weighted by Gasteiger charge is 2.05. The van der Waals surface area contributed by atoms with Gasteiger partial charge in [-0.1, -0.05) is 38.7 Å². The SMILES string of the molecule is CCCCCCCc1cc(S(=O)(=O)[O-])ccc1C. The second-order valence-corrected chi connectivity index (χ2v) is 6.09. The Morgan fingerprint density at radius 1 is 1.11 bits per heavy atom. The zero-order valence-electron chi connectivity index (χ0n) is 11.1. The van der Waals surface area contributed by atoms with E-state index in [1.807, 2.05) is 6.92 Å². The maximum Gasteiger partial charge on any atom is 0.124 e. The summed E-state index contributed by atoms with van der Waals surface area (Å²) in [7, 11) is -4.33. The van der Waals surface area contributed by atoms with Crippen LogP contribution in [-0.4, -0.2) is 13.0 Å². The van der Waals surface area contributed by atoms with Crippen LogP contribution in [0.3, 0.4) is 0 Å². The van der Waals surface area contributed by atoms with E-state index in [0.717, 1.165) is 30.4 Å². The van der Waals surface area contributed by atoms with Crippen molar-refractivity contribution in [2.75, 3.05) is 0 Å². The topological polar surface area (TPSA) is 57.2 Å². The lowest BCUT2D eigenvalue weighted by atomic mass is 10.0. The fraction of sp³-hybridized carbons (Fsp3) is 0.571. The van der Waals surface area contributed by atoms with Crippen molar-refractivity contribution in [2.24, 2.45) is 0 Å². The molecule has 0 fully saturated rings. The maximum absolute atomic E-state index is 11.0. The molecule has 0 amide bonds. The lowest BCUT2D eigenvalue weighted by Crippen LogP contribution is -2.01. The summed E-state index contributed by atoms with van der Waals surface area (Å²) >= 11 is 0. The second kappa shape index (κ2) is 6.90. The summed E-state index contributed by atoms with van der Waals surface area (Å²) in [5.41, 5.74) is 2.03. The monoisotopic (exact) mass is 269 g/mol. The van der Waals surface area contributed by atoms with Gasteiger partial charge in [-0.3, -0.25) is 0 Å². The Morgan fingerprint density at radius 2 is 1.78 bits per heavy atom. The van der Waals surface area contributed by atoms with Crippen LogP contribution in [0.2, 0.25) is 0 Å². The van der Waals surface area contributed by atoms with E-state index in [2.05, 4.69) is 6.92 Å². The Hall–Kier alpha value is -0.870. The number of aryl methyl sites for hydroxylation is 2. The molecule has 18 heavy (non-hydrogen) atoms. The van der Waals surface area contributed by atoms with E-state index < -0.39 is 10.1 Å². The first-order valence-electron chi connectivity index (χ1n) is 6.50. The summed E-state index contributed by atoms with van der Waals surface area (Å²) in [6.45, 7) is 4.12. The molecule has 1 rings (SSSR count). The molecule has 1 aromatic carbocycles. The molecule has 0 aromatic heterocycles. The molecule has 0 unspecified atom stereocenters. The molecule has 0 saturated carbocycles. The van der Waals surface area contributed by atoms with Crippen molar-refractivity contribution in [1.82, 2.24) is 0 Å². The number of unbranched alkanes of at least 4 members (excludes halogenated alkanes) is 4. The predicted molar refractivity (Wildman–Crippen MR) is 71.6 cm³/mol. The van der Waals surface area contributed by atoms with Crippen molar-refractivity contribution in [3.05, 3.63) is 29.3 Å². The normalized spacial score (nSPS) is 11.7. The van der Waals surface area contributed by atoms with Gasteiger partial charge in [0.2, 0.25) is 0 Å². The first kappa shape index (κ1) is 15.2. The highest BCUT2D eigenvalue weighted by atomic mass is 32.2. The third-order valence-electron chi connectivity index (χ3n) is 3.16. The Kier molecular flexibility index (Phi) is 5.82. The Bertz CT molecular complexity index is 478. The summed E-state index contributed by atoms with van der Waals surface area (Å²) in [5, 5.41) is 0. The zero-order chi connectivity index (χ0) is 13.6. The number of benzene rings is 1. The van der Waals surface area contributed by atoms with Crippen molar-refractivity contribution in [3.8, 4) is 0 Å². The standard InChI is InChI=1S/C14H22O3S/c1-3-4-5-6-7-8-13-11-14(18(15,16)17)10-9-12(13)2/h9-11H,3-8H2,1-2H3,(H,15,16,17)/p-1. The van der Waals surface area contributed by atoms with Crippen LogP contribution in [0.1, 0.15) is 50.2 Å². The minimum atomic E-state index is -4.33. The summed E-state index contributed by atoms with van der Waals surface area (Å²) in [6, 6.07) is 4.63. The molecule has 0 saturated heterocycles. The summed E-state index contributed by atoms with van der Waals surface area (Å²) in [5.74, 6) is 0. The van der Waals surface area contributed by atoms with Crippen LogP contribution in [0.25, 0.3) is 0 Å². The molecule has 0 aliphatic carbocycles. The molecule has 1 aromatic rings. The zero-order valence-corrected chi connectivity index (χ0v) is 11.9. The van der Waals surface area contributed by atoms with Crippen LogP contribution < -0.4 is 0 Å². The summed E-state index contributed by atoms with van der Waals surface area (Å²) in [6.07, 6.45) is 6.72. The first-order valence-corrected chi connectivity index (χ1v) is 7.91. The Morgan fingerprint density at radius 3 is 2.39 bits per heavy atom. The van der Waals surface area contributed by atoms with Gasteiger partial charge in [0.05, 0.1) is 4.90 Å². The van der Waals surface area contributed by atoms with E-state index in [1.54, 1.807) is 6.07 Å². The van der Waals surface area contributed by atoms with E-state index >= 15 is 0 Å². The third-order valence-corrected chi connectivity index (χ3v) is 3.99.